The summed E-state index contributed by atoms with van der Waals surface area (Å²) in [7, 11) is 0. The third kappa shape index (κ3) is 7.60. The Morgan fingerprint density at radius 2 is 2.02 bits per heavy atom. The molecule has 0 radical (unpaired) electrons. The van der Waals surface area contributed by atoms with E-state index in [4.69, 9.17) is 4.74 Å². The summed E-state index contributed by atoms with van der Waals surface area (Å²) in [6.07, 6.45) is 6.11. The summed E-state index contributed by atoms with van der Waals surface area (Å²) in [5.74, 6) is -2.90. The lowest BCUT2D eigenvalue weighted by atomic mass is 9.79. The summed E-state index contributed by atoms with van der Waals surface area (Å²) < 4.78 is 5.64. The number of ether oxygens (including phenoxy) is 1. The number of nitrogens with zero attached hydrogens (tertiary/aromatic N) is 2. The fourth-order valence-electron chi connectivity index (χ4n) is 6.34. The van der Waals surface area contributed by atoms with E-state index in [0.717, 1.165) is 19.3 Å². The highest BCUT2D eigenvalue weighted by Gasteiger charge is 2.60. The van der Waals surface area contributed by atoms with Crippen molar-refractivity contribution in [3.8, 4) is 0 Å². The number of hydrogen-bond donors (Lipinski definition) is 5. The van der Waals surface area contributed by atoms with Gasteiger partial charge in [-0.25, -0.2) is 4.79 Å². The molecule has 13 heteroatoms. The first-order valence-corrected chi connectivity index (χ1v) is 16.6. The van der Waals surface area contributed by atoms with Gasteiger partial charge < -0.3 is 35.8 Å². The third-order valence-corrected chi connectivity index (χ3v) is 10.2. The molecule has 1 aromatic heterocycles. The maximum atomic E-state index is 13.1. The molecule has 0 saturated carbocycles. The molecule has 6 atom stereocenters. The van der Waals surface area contributed by atoms with Crippen LogP contribution in [0.1, 0.15) is 49.0 Å². The van der Waals surface area contributed by atoms with Crippen LogP contribution in [0.4, 0.5) is 5.69 Å². The van der Waals surface area contributed by atoms with Gasteiger partial charge in [0, 0.05) is 59.4 Å². The average Bonchev–Trinajstić information content (AvgIpc) is 3.60. The monoisotopic (exact) mass is 651 g/mol. The number of hydrogen-bond acceptors (Lipinski definition) is 9. The van der Waals surface area contributed by atoms with Crippen molar-refractivity contribution in [1.82, 2.24) is 20.5 Å². The van der Waals surface area contributed by atoms with E-state index in [1.165, 1.54) is 22.2 Å². The van der Waals surface area contributed by atoms with Crippen LogP contribution in [0.2, 0.25) is 0 Å². The van der Waals surface area contributed by atoms with Gasteiger partial charge in [-0.15, -0.1) is 11.8 Å². The normalized spacial score (nSPS) is 24.4. The van der Waals surface area contributed by atoms with E-state index < -0.39 is 24.0 Å². The number of aromatic nitrogens is 1. The molecule has 0 spiro atoms. The summed E-state index contributed by atoms with van der Waals surface area (Å²) in [4.78, 5) is 56.5. The van der Waals surface area contributed by atoms with Crippen molar-refractivity contribution in [3.63, 3.8) is 0 Å². The zero-order valence-electron chi connectivity index (χ0n) is 26.0. The van der Waals surface area contributed by atoms with E-state index in [9.17, 15) is 29.4 Å². The molecule has 1 aromatic carbocycles. The van der Waals surface area contributed by atoms with Crippen molar-refractivity contribution in [2.45, 2.75) is 63.0 Å². The van der Waals surface area contributed by atoms with E-state index in [1.807, 2.05) is 19.2 Å². The first-order chi connectivity index (χ1) is 22.2. The van der Waals surface area contributed by atoms with E-state index in [0.29, 0.717) is 48.9 Å². The van der Waals surface area contributed by atoms with E-state index in [-0.39, 0.29) is 40.6 Å². The van der Waals surface area contributed by atoms with Crippen molar-refractivity contribution in [3.05, 3.63) is 70.5 Å². The predicted molar refractivity (Wildman–Crippen MR) is 173 cm³/mol. The molecule has 0 bridgehead atoms. The van der Waals surface area contributed by atoms with Gasteiger partial charge in [-0.2, -0.15) is 0 Å². The quantitative estimate of drug-likeness (QED) is 0.142. The summed E-state index contributed by atoms with van der Waals surface area (Å²) in [5.41, 5.74) is 2.10. The Morgan fingerprint density at radius 3 is 2.76 bits per heavy atom. The molecule has 246 valence electrons. The second-order valence-corrected chi connectivity index (χ2v) is 13.3. The van der Waals surface area contributed by atoms with Gasteiger partial charge in [0.05, 0.1) is 30.7 Å². The smallest absolute Gasteiger partial charge is 0.353 e. The number of thioether (sulfide) groups is 1. The molecule has 3 aliphatic rings. The maximum absolute atomic E-state index is 13.1. The SMILES string of the molecule is C[C@H]1C(SC2CN[C@H](C(=O)Nc3cccc(C(=O)NCCOCCCCc4cccnc4)c3)C2)=C(C(=O)O)N2C(=O)[C@H]([C@@H](C)O)C12. The van der Waals surface area contributed by atoms with Crippen LogP contribution >= 0.6 is 11.8 Å². The number of pyridine rings is 1. The first-order valence-electron chi connectivity index (χ1n) is 15.7. The summed E-state index contributed by atoms with van der Waals surface area (Å²) in [6, 6.07) is 9.83. The van der Waals surface area contributed by atoms with Crippen molar-refractivity contribution >= 4 is 41.1 Å². The average molecular weight is 652 g/mol. The van der Waals surface area contributed by atoms with Crippen molar-refractivity contribution in [2.75, 3.05) is 31.6 Å². The lowest BCUT2D eigenvalue weighted by Crippen LogP contribution is -2.63. The molecule has 5 rings (SSSR count). The number of aliphatic hydroxyl groups is 1. The Hall–Kier alpha value is -3.78. The number of carbonyl (C=O) groups excluding carboxylic acids is 3. The molecule has 2 unspecified atom stereocenters. The molecule has 0 aliphatic carbocycles. The number of aryl methyl sites for hydroxylation is 1. The van der Waals surface area contributed by atoms with E-state index >= 15 is 0 Å². The van der Waals surface area contributed by atoms with Crippen molar-refractivity contribution < 1.29 is 34.1 Å². The standard InChI is InChI=1S/C33H41N5O7S/c1-19-27-26(20(2)39)32(42)38(27)28(33(43)44)29(19)46-24-16-25(36-18-24)31(41)37-23-10-5-9-22(15-23)30(40)35-12-14-45-13-4-3-7-21-8-6-11-34-17-21/h5-6,8-11,15,17,19-20,24-27,36,39H,3-4,7,12-14,16,18H2,1-2H3,(H,35,40)(H,37,41)(H,43,44)/t19-,20-,24?,25+,26-,27?/m1/s1. The number of nitrogens with one attached hydrogen (secondary N) is 3. The second kappa shape index (κ2) is 15.2. The van der Waals surface area contributed by atoms with Crippen molar-refractivity contribution in [2.24, 2.45) is 11.8 Å². The number of carboxylic acid groups (broad SMARTS) is 1. The minimum atomic E-state index is -1.17. The Bertz CT molecular complexity index is 1470. The number of anilines is 1. The Morgan fingerprint density at radius 1 is 1.20 bits per heavy atom. The van der Waals surface area contributed by atoms with Gasteiger partial charge in [-0.05, 0) is 62.4 Å². The Balaban J connectivity index is 1.05. The highest BCUT2D eigenvalue weighted by Crippen LogP contribution is 2.51. The minimum absolute atomic E-state index is 0.0178. The van der Waals surface area contributed by atoms with Crippen LogP contribution in [0.25, 0.3) is 0 Å². The maximum Gasteiger partial charge on any atom is 0.353 e. The molecule has 5 N–H and O–H groups in total. The van der Waals surface area contributed by atoms with Gasteiger partial charge in [0.15, 0.2) is 0 Å². The van der Waals surface area contributed by atoms with Gasteiger partial charge in [0.25, 0.3) is 5.91 Å². The number of unbranched alkanes of at least 4 members (excludes halogenated alkanes) is 1. The van der Waals surface area contributed by atoms with Crippen LogP contribution in [0.3, 0.4) is 0 Å². The third-order valence-electron chi connectivity index (χ3n) is 8.66. The molecule has 3 aliphatic heterocycles. The summed E-state index contributed by atoms with van der Waals surface area (Å²) in [6.45, 7) is 5.31. The van der Waals surface area contributed by atoms with Gasteiger partial charge in [-0.3, -0.25) is 19.4 Å². The Kier molecular flexibility index (Phi) is 11.1. The number of carboxylic acids is 1. The van der Waals surface area contributed by atoms with Gasteiger partial charge in [0.1, 0.15) is 5.70 Å². The molecule has 46 heavy (non-hydrogen) atoms. The van der Waals surface area contributed by atoms with Crippen LogP contribution in [-0.4, -0.2) is 93.5 Å². The van der Waals surface area contributed by atoms with Crippen LogP contribution in [0, 0.1) is 11.8 Å². The Labute approximate surface area is 272 Å². The number of fused-ring (bicyclic) bond motifs is 1. The number of β-lactam (4-membered cyclic amide) rings is 1. The number of aliphatic carboxylic acids is 1. The predicted octanol–water partition coefficient (Wildman–Crippen LogP) is 2.41. The topological polar surface area (TPSA) is 170 Å². The van der Waals surface area contributed by atoms with Crippen LogP contribution in [0.5, 0.6) is 0 Å². The number of amides is 3. The molecule has 12 nitrogen and oxygen atoms in total. The minimum Gasteiger partial charge on any atom is -0.477 e. The highest BCUT2D eigenvalue weighted by molar-refractivity contribution is 8.03. The lowest BCUT2D eigenvalue weighted by Gasteiger charge is -2.46. The molecule has 2 saturated heterocycles. The molecule has 4 heterocycles. The summed E-state index contributed by atoms with van der Waals surface area (Å²) in [5, 5.41) is 28.8. The zero-order chi connectivity index (χ0) is 32.8. The van der Waals surface area contributed by atoms with Crippen LogP contribution in [-0.2, 0) is 25.5 Å². The molecule has 2 fully saturated rings. The number of carbonyl (C=O) groups is 4. The fraction of sp³-hybridized carbons (Fsp3) is 0.485. The second-order valence-electron chi connectivity index (χ2n) is 12.0. The summed E-state index contributed by atoms with van der Waals surface area (Å²) >= 11 is 1.39. The van der Waals surface area contributed by atoms with Gasteiger partial charge in [0.2, 0.25) is 11.8 Å². The zero-order valence-corrected chi connectivity index (χ0v) is 26.8. The van der Waals surface area contributed by atoms with Crippen molar-refractivity contribution in [1.29, 1.82) is 0 Å². The van der Waals surface area contributed by atoms with Gasteiger partial charge >= 0.3 is 5.97 Å². The first kappa shape index (κ1) is 33.6. The molecular formula is C33H41N5O7S. The lowest BCUT2D eigenvalue weighted by molar-refractivity contribution is -0.163. The molecular weight excluding hydrogens is 610 g/mol. The number of benzene rings is 1. The van der Waals surface area contributed by atoms with Gasteiger partial charge in [-0.1, -0.05) is 19.1 Å². The van der Waals surface area contributed by atoms with Crippen LogP contribution < -0.4 is 16.0 Å². The van der Waals surface area contributed by atoms with E-state index in [1.54, 1.807) is 37.4 Å². The number of aliphatic hydroxyl groups excluding tert-OH is 1. The molecule has 3 amide bonds. The molecule has 2 aromatic rings. The largest absolute Gasteiger partial charge is 0.477 e. The number of rotatable bonds is 15. The highest BCUT2D eigenvalue weighted by atomic mass is 32.2. The fourth-order valence-corrected chi connectivity index (χ4v) is 7.82. The van der Waals surface area contributed by atoms with E-state index in [2.05, 4.69) is 27.0 Å². The van der Waals surface area contributed by atoms with Crippen LogP contribution in [0.15, 0.2) is 59.4 Å².